The van der Waals surface area contributed by atoms with Crippen molar-refractivity contribution in [2.75, 3.05) is 13.7 Å². The molecule has 0 radical (unpaired) electrons. The van der Waals surface area contributed by atoms with Crippen LogP contribution in [-0.2, 0) is 13.0 Å². The molecule has 1 aromatic carbocycles. The minimum atomic E-state index is 0.885. The SMILES string of the molecule is COc1ccc(CNCCc2ccncc2)cc1C. The summed E-state index contributed by atoms with van der Waals surface area (Å²) in [5.74, 6) is 0.945. The number of hydrogen-bond acceptors (Lipinski definition) is 3. The van der Waals surface area contributed by atoms with Crippen LogP contribution in [0.4, 0.5) is 0 Å². The average molecular weight is 256 g/mol. The van der Waals surface area contributed by atoms with Gasteiger partial charge >= 0.3 is 0 Å². The van der Waals surface area contributed by atoms with E-state index in [9.17, 15) is 0 Å². The molecule has 2 aromatic rings. The topological polar surface area (TPSA) is 34.1 Å². The van der Waals surface area contributed by atoms with Crippen LogP contribution in [0.25, 0.3) is 0 Å². The molecule has 0 saturated heterocycles. The second-order valence-corrected chi connectivity index (χ2v) is 4.59. The molecular weight excluding hydrogens is 236 g/mol. The van der Waals surface area contributed by atoms with Crippen molar-refractivity contribution in [3.05, 3.63) is 59.4 Å². The number of hydrogen-bond donors (Lipinski definition) is 1. The lowest BCUT2D eigenvalue weighted by Crippen LogP contribution is -2.16. The Morgan fingerprint density at radius 2 is 1.89 bits per heavy atom. The van der Waals surface area contributed by atoms with E-state index in [-0.39, 0.29) is 0 Å². The quantitative estimate of drug-likeness (QED) is 0.807. The summed E-state index contributed by atoms with van der Waals surface area (Å²) in [6, 6.07) is 10.4. The number of nitrogens with one attached hydrogen (secondary N) is 1. The van der Waals surface area contributed by atoms with E-state index < -0.39 is 0 Å². The molecule has 0 fully saturated rings. The van der Waals surface area contributed by atoms with Gasteiger partial charge < -0.3 is 10.1 Å². The van der Waals surface area contributed by atoms with Crippen molar-refractivity contribution in [2.45, 2.75) is 19.9 Å². The lowest BCUT2D eigenvalue weighted by atomic mass is 10.1. The molecule has 1 heterocycles. The number of nitrogens with zero attached hydrogens (tertiary/aromatic N) is 1. The minimum Gasteiger partial charge on any atom is -0.496 e. The molecule has 0 unspecified atom stereocenters. The van der Waals surface area contributed by atoms with Crippen molar-refractivity contribution < 1.29 is 4.74 Å². The van der Waals surface area contributed by atoms with Crippen molar-refractivity contribution >= 4 is 0 Å². The molecule has 0 amide bonds. The first-order valence-corrected chi connectivity index (χ1v) is 6.53. The maximum Gasteiger partial charge on any atom is 0.121 e. The van der Waals surface area contributed by atoms with Gasteiger partial charge in [0.1, 0.15) is 5.75 Å². The zero-order valence-electron chi connectivity index (χ0n) is 11.5. The van der Waals surface area contributed by atoms with Crippen molar-refractivity contribution in [3.8, 4) is 5.75 Å². The van der Waals surface area contributed by atoms with Gasteiger partial charge in [-0.05, 0) is 54.8 Å². The van der Waals surface area contributed by atoms with Gasteiger partial charge in [-0.25, -0.2) is 0 Å². The molecule has 0 aliphatic heterocycles. The first-order chi connectivity index (χ1) is 9.29. The molecule has 0 saturated carbocycles. The van der Waals surface area contributed by atoms with E-state index in [1.54, 1.807) is 7.11 Å². The molecule has 0 aliphatic rings. The van der Waals surface area contributed by atoms with Crippen LogP contribution in [0, 0.1) is 6.92 Å². The summed E-state index contributed by atoms with van der Waals surface area (Å²) >= 11 is 0. The van der Waals surface area contributed by atoms with Crippen LogP contribution >= 0.6 is 0 Å². The number of aromatic nitrogens is 1. The van der Waals surface area contributed by atoms with Crippen molar-refractivity contribution in [2.24, 2.45) is 0 Å². The average Bonchev–Trinajstić information content (AvgIpc) is 2.45. The molecular formula is C16H20N2O. The Morgan fingerprint density at radius 1 is 1.11 bits per heavy atom. The maximum atomic E-state index is 5.26. The van der Waals surface area contributed by atoms with Gasteiger partial charge in [0.15, 0.2) is 0 Å². The monoisotopic (exact) mass is 256 g/mol. The third-order valence-corrected chi connectivity index (χ3v) is 3.13. The molecule has 3 nitrogen and oxygen atoms in total. The fourth-order valence-corrected chi connectivity index (χ4v) is 2.07. The Kier molecular flexibility index (Phi) is 4.93. The number of pyridine rings is 1. The van der Waals surface area contributed by atoms with Gasteiger partial charge in [-0.15, -0.1) is 0 Å². The minimum absolute atomic E-state index is 0.885. The van der Waals surface area contributed by atoms with E-state index in [1.165, 1.54) is 16.7 Å². The highest BCUT2D eigenvalue weighted by Crippen LogP contribution is 2.18. The number of methoxy groups -OCH3 is 1. The first-order valence-electron chi connectivity index (χ1n) is 6.53. The summed E-state index contributed by atoms with van der Waals surface area (Å²) in [5, 5.41) is 3.45. The van der Waals surface area contributed by atoms with Crippen molar-refractivity contribution in [1.82, 2.24) is 10.3 Å². The zero-order valence-corrected chi connectivity index (χ0v) is 11.5. The molecule has 0 aliphatic carbocycles. The van der Waals surface area contributed by atoms with Crippen LogP contribution in [0.5, 0.6) is 5.75 Å². The van der Waals surface area contributed by atoms with Crippen LogP contribution < -0.4 is 10.1 Å². The van der Waals surface area contributed by atoms with Crippen LogP contribution in [0.15, 0.2) is 42.7 Å². The van der Waals surface area contributed by atoms with E-state index in [1.807, 2.05) is 18.5 Å². The number of aryl methyl sites for hydroxylation is 1. The first kappa shape index (κ1) is 13.6. The Hall–Kier alpha value is -1.87. The van der Waals surface area contributed by atoms with E-state index >= 15 is 0 Å². The Bertz CT molecular complexity index is 511. The predicted octanol–water partition coefficient (Wildman–Crippen LogP) is 2.73. The summed E-state index contributed by atoms with van der Waals surface area (Å²) in [4.78, 5) is 4.01. The fourth-order valence-electron chi connectivity index (χ4n) is 2.07. The summed E-state index contributed by atoms with van der Waals surface area (Å²) < 4.78 is 5.26. The second kappa shape index (κ2) is 6.90. The summed E-state index contributed by atoms with van der Waals surface area (Å²) in [6.45, 7) is 3.92. The molecule has 0 atom stereocenters. The summed E-state index contributed by atoms with van der Waals surface area (Å²) in [7, 11) is 1.70. The molecule has 3 heteroatoms. The van der Waals surface area contributed by atoms with Gasteiger partial charge in [0.05, 0.1) is 7.11 Å². The number of benzene rings is 1. The third kappa shape index (κ3) is 4.07. The number of rotatable bonds is 6. The molecule has 0 spiro atoms. The van der Waals surface area contributed by atoms with Gasteiger partial charge in [0.2, 0.25) is 0 Å². The normalized spacial score (nSPS) is 10.4. The van der Waals surface area contributed by atoms with E-state index in [2.05, 4.69) is 41.5 Å². The Morgan fingerprint density at radius 3 is 2.58 bits per heavy atom. The van der Waals surface area contributed by atoms with E-state index in [0.29, 0.717) is 0 Å². The maximum absolute atomic E-state index is 5.26. The van der Waals surface area contributed by atoms with Crippen molar-refractivity contribution in [1.29, 1.82) is 0 Å². The Labute approximate surface area is 114 Å². The molecule has 100 valence electrons. The van der Waals surface area contributed by atoms with Crippen LogP contribution in [0.3, 0.4) is 0 Å². The molecule has 1 aromatic heterocycles. The summed E-state index contributed by atoms with van der Waals surface area (Å²) in [6.07, 6.45) is 4.70. The largest absolute Gasteiger partial charge is 0.496 e. The standard InChI is InChI=1S/C16H20N2O/c1-13-11-15(3-4-16(13)19-2)12-18-10-7-14-5-8-17-9-6-14/h3-6,8-9,11,18H,7,10,12H2,1-2H3. The highest BCUT2D eigenvalue weighted by Gasteiger charge is 1.99. The zero-order chi connectivity index (χ0) is 13.5. The van der Waals surface area contributed by atoms with Gasteiger partial charge in [-0.2, -0.15) is 0 Å². The van der Waals surface area contributed by atoms with Crippen LogP contribution in [0.2, 0.25) is 0 Å². The van der Waals surface area contributed by atoms with E-state index in [4.69, 9.17) is 4.74 Å². The lowest BCUT2D eigenvalue weighted by Gasteiger charge is -2.08. The highest BCUT2D eigenvalue weighted by atomic mass is 16.5. The van der Waals surface area contributed by atoms with E-state index in [0.717, 1.165) is 25.3 Å². The summed E-state index contributed by atoms with van der Waals surface area (Å²) in [5.41, 5.74) is 3.78. The number of ether oxygens (including phenoxy) is 1. The van der Waals surface area contributed by atoms with Gasteiger partial charge in [0, 0.05) is 18.9 Å². The predicted molar refractivity (Wildman–Crippen MR) is 77.4 cm³/mol. The lowest BCUT2D eigenvalue weighted by molar-refractivity contribution is 0.411. The Balaban J connectivity index is 1.78. The molecule has 19 heavy (non-hydrogen) atoms. The molecule has 1 N–H and O–H groups in total. The second-order valence-electron chi connectivity index (χ2n) is 4.59. The van der Waals surface area contributed by atoms with Crippen LogP contribution in [0.1, 0.15) is 16.7 Å². The smallest absolute Gasteiger partial charge is 0.121 e. The molecule has 0 bridgehead atoms. The third-order valence-electron chi connectivity index (χ3n) is 3.13. The fraction of sp³-hybridized carbons (Fsp3) is 0.312. The van der Waals surface area contributed by atoms with Crippen molar-refractivity contribution in [3.63, 3.8) is 0 Å². The van der Waals surface area contributed by atoms with Crippen LogP contribution in [-0.4, -0.2) is 18.6 Å². The highest BCUT2D eigenvalue weighted by molar-refractivity contribution is 5.36. The van der Waals surface area contributed by atoms with Gasteiger partial charge in [0.25, 0.3) is 0 Å². The van der Waals surface area contributed by atoms with Gasteiger partial charge in [-0.3, -0.25) is 4.98 Å². The molecule has 2 rings (SSSR count). The van der Waals surface area contributed by atoms with Gasteiger partial charge in [-0.1, -0.05) is 12.1 Å².